The van der Waals surface area contributed by atoms with Gasteiger partial charge in [-0.15, -0.1) is 10.2 Å². The molecular weight excluding hydrogens is 348 g/mol. The first kappa shape index (κ1) is 17.1. The van der Waals surface area contributed by atoms with Gasteiger partial charge in [0.2, 0.25) is 5.89 Å². The van der Waals surface area contributed by atoms with Crippen molar-refractivity contribution in [3.8, 4) is 11.5 Å². The molecule has 0 amide bonds. The lowest BCUT2D eigenvalue weighted by Crippen LogP contribution is -2.25. The molecule has 3 rings (SSSR count). The number of nitrogens with zero attached hydrogens (tertiary/aromatic N) is 3. The summed E-state index contributed by atoms with van der Waals surface area (Å²) in [5.41, 5.74) is 8.94. The van der Waals surface area contributed by atoms with E-state index in [1.54, 1.807) is 41.8 Å². The molecule has 0 aliphatic heterocycles. The Balaban J connectivity index is 1.67. The van der Waals surface area contributed by atoms with Gasteiger partial charge in [0.05, 0.1) is 12.2 Å². The smallest absolute Gasteiger partial charge is 0.314 e. The zero-order chi connectivity index (χ0) is 17.8. The van der Waals surface area contributed by atoms with E-state index < -0.39 is 12.3 Å². The summed E-state index contributed by atoms with van der Waals surface area (Å²) in [6.45, 7) is 0.428. The summed E-state index contributed by atoms with van der Waals surface area (Å²) < 4.78 is 29.9. The van der Waals surface area contributed by atoms with Gasteiger partial charge in [-0.2, -0.15) is 20.1 Å². The molecule has 0 saturated carbocycles. The molecule has 0 fully saturated rings. The molecule has 3 aromatic rings. The van der Waals surface area contributed by atoms with Crippen LogP contribution in [0.25, 0.3) is 17.2 Å². The van der Waals surface area contributed by atoms with E-state index in [4.69, 9.17) is 16.0 Å². The fourth-order valence-corrected chi connectivity index (χ4v) is 2.80. The summed E-state index contributed by atoms with van der Waals surface area (Å²) in [5.74, 6) is 5.31. The van der Waals surface area contributed by atoms with Gasteiger partial charge in [0, 0.05) is 22.7 Å². The SMILES string of the molecule is N/C(=C\N(N)Cc1ccc(-c2nnc(C(F)F)o2)cc1)c1ccsc1. The van der Waals surface area contributed by atoms with Crippen LogP contribution in [0.4, 0.5) is 8.78 Å². The molecule has 2 aromatic heterocycles. The summed E-state index contributed by atoms with van der Waals surface area (Å²) >= 11 is 1.55. The second-order valence-electron chi connectivity index (χ2n) is 5.21. The molecule has 0 radical (unpaired) electrons. The monoisotopic (exact) mass is 363 g/mol. The average Bonchev–Trinajstić information content (AvgIpc) is 3.27. The highest BCUT2D eigenvalue weighted by atomic mass is 32.1. The van der Waals surface area contributed by atoms with E-state index in [9.17, 15) is 8.78 Å². The molecule has 0 unspecified atom stereocenters. The van der Waals surface area contributed by atoms with Crippen LogP contribution >= 0.6 is 11.3 Å². The highest BCUT2D eigenvalue weighted by Gasteiger charge is 2.16. The second-order valence-corrected chi connectivity index (χ2v) is 5.99. The number of alkyl halides is 2. The lowest BCUT2D eigenvalue weighted by atomic mass is 10.1. The van der Waals surface area contributed by atoms with Gasteiger partial charge in [0.25, 0.3) is 5.89 Å². The van der Waals surface area contributed by atoms with Gasteiger partial charge in [-0.05, 0) is 29.1 Å². The van der Waals surface area contributed by atoms with Crippen LogP contribution in [-0.4, -0.2) is 15.2 Å². The molecule has 0 bridgehead atoms. The van der Waals surface area contributed by atoms with Crippen LogP contribution in [0.2, 0.25) is 0 Å². The number of hydrazine groups is 1. The van der Waals surface area contributed by atoms with Crippen molar-refractivity contribution in [3.05, 3.63) is 64.3 Å². The standard InChI is InChI=1S/C16H15F2N5OS/c17-14(18)16-22-21-15(24-16)11-3-1-10(2-4-11)7-23(20)8-13(19)12-5-6-25-9-12/h1-6,8-9,14H,7,19-20H2/b13-8-. The van der Waals surface area contributed by atoms with Crippen molar-refractivity contribution < 1.29 is 13.2 Å². The third-order valence-corrected chi connectivity index (χ3v) is 4.04. The highest BCUT2D eigenvalue weighted by Crippen LogP contribution is 2.23. The molecule has 0 aliphatic rings. The van der Waals surface area contributed by atoms with Gasteiger partial charge in [-0.1, -0.05) is 12.1 Å². The van der Waals surface area contributed by atoms with E-state index >= 15 is 0 Å². The van der Waals surface area contributed by atoms with Gasteiger partial charge >= 0.3 is 6.43 Å². The molecule has 0 saturated heterocycles. The minimum atomic E-state index is -2.79. The summed E-state index contributed by atoms with van der Waals surface area (Å²) in [5, 5.41) is 12.3. The number of halogens is 2. The zero-order valence-electron chi connectivity index (χ0n) is 13.0. The molecule has 0 aliphatic carbocycles. The first-order valence-corrected chi connectivity index (χ1v) is 8.19. The van der Waals surface area contributed by atoms with E-state index in [2.05, 4.69) is 10.2 Å². The lowest BCUT2D eigenvalue weighted by molar-refractivity contribution is 0.116. The maximum absolute atomic E-state index is 12.5. The van der Waals surface area contributed by atoms with Gasteiger partial charge in [-0.3, -0.25) is 0 Å². The Labute approximate surface area is 146 Å². The predicted molar refractivity (Wildman–Crippen MR) is 90.9 cm³/mol. The van der Waals surface area contributed by atoms with Gasteiger partial charge in [-0.25, -0.2) is 5.84 Å². The molecular formula is C16H15F2N5OS. The highest BCUT2D eigenvalue weighted by molar-refractivity contribution is 7.08. The molecule has 6 nitrogen and oxygen atoms in total. The van der Waals surface area contributed by atoms with Crippen molar-refractivity contribution in [1.82, 2.24) is 15.2 Å². The number of hydrogen-bond acceptors (Lipinski definition) is 7. The minimum absolute atomic E-state index is 0.0491. The van der Waals surface area contributed by atoms with Crippen LogP contribution in [0.1, 0.15) is 23.4 Å². The summed E-state index contributed by atoms with van der Waals surface area (Å²) in [6, 6.07) is 8.93. The largest absolute Gasteiger partial charge is 0.415 e. The van der Waals surface area contributed by atoms with Crippen molar-refractivity contribution >= 4 is 17.0 Å². The lowest BCUT2D eigenvalue weighted by Gasteiger charge is -2.15. The molecule has 0 spiro atoms. The normalized spacial score (nSPS) is 11.9. The van der Waals surface area contributed by atoms with E-state index in [-0.39, 0.29) is 5.89 Å². The fraction of sp³-hybridized carbons (Fsp3) is 0.125. The van der Waals surface area contributed by atoms with Crippen molar-refractivity contribution in [3.63, 3.8) is 0 Å². The Bertz CT molecular complexity index is 846. The number of aromatic nitrogens is 2. The first-order chi connectivity index (χ1) is 12.0. The number of rotatable bonds is 6. The van der Waals surface area contributed by atoms with Crippen LogP contribution < -0.4 is 11.6 Å². The van der Waals surface area contributed by atoms with Crippen LogP contribution in [0, 0.1) is 0 Å². The number of thiophene rings is 1. The number of nitrogens with two attached hydrogens (primary N) is 2. The Morgan fingerprint density at radius 1 is 1.24 bits per heavy atom. The molecule has 1 aromatic carbocycles. The third-order valence-electron chi connectivity index (χ3n) is 3.35. The first-order valence-electron chi connectivity index (χ1n) is 7.25. The predicted octanol–water partition coefficient (Wildman–Crippen LogP) is 3.37. The molecule has 2 heterocycles. The minimum Gasteiger partial charge on any atom is -0.415 e. The summed E-state index contributed by atoms with van der Waals surface area (Å²) in [4.78, 5) is 0. The second kappa shape index (κ2) is 7.41. The van der Waals surface area contributed by atoms with E-state index in [0.717, 1.165) is 11.1 Å². The van der Waals surface area contributed by atoms with Gasteiger partial charge < -0.3 is 15.2 Å². The Morgan fingerprint density at radius 2 is 2.00 bits per heavy atom. The van der Waals surface area contributed by atoms with Gasteiger partial charge in [0.15, 0.2) is 0 Å². The number of hydrogen-bond donors (Lipinski definition) is 2. The summed E-state index contributed by atoms with van der Waals surface area (Å²) in [6.07, 6.45) is -1.13. The molecule has 9 heteroatoms. The molecule has 25 heavy (non-hydrogen) atoms. The maximum Gasteiger partial charge on any atom is 0.314 e. The van der Waals surface area contributed by atoms with Crippen LogP contribution in [0.3, 0.4) is 0 Å². The third kappa shape index (κ3) is 4.20. The number of benzene rings is 1. The zero-order valence-corrected chi connectivity index (χ0v) is 13.8. The Kier molecular flexibility index (Phi) is 5.05. The van der Waals surface area contributed by atoms with Gasteiger partial charge in [0.1, 0.15) is 0 Å². The van der Waals surface area contributed by atoms with Crippen LogP contribution in [0.15, 0.2) is 51.7 Å². The Hall–Kier alpha value is -2.78. The molecule has 0 atom stereocenters. The van der Waals surface area contributed by atoms with Crippen LogP contribution in [-0.2, 0) is 6.54 Å². The maximum atomic E-state index is 12.5. The van der Waals surface area contributed by atoms with E-state index in [1.165, 1.54) is 5.01 Å². The Morgan fingerprint density at radius 3 is 2.60 bits per heavy atom. The van der Waals surface area contributed by atoms with Crippen molar-refractivity contribution in [1.29, 1.82) is 0 Å². The van der Waals surface area contributed by atoms with Crippen molar-refractivity contribution in [2.75, 3.05) is 0 Å². The topological polar surface area (TPSA) is 94.2 Å². The van der Waals surface area contributed by atoms with Crippen molar-refractivity contribution in [2.45, 2.75) is 13.0 Å². The molecule has 4 N–H and O–H groups in total. The average molecular weight is 363 g/mol. The summed E-state index contributed by atoms with van der Waals surface area (Å²) in [7, 11) is 0. The van der Waals surface area contributed by atoms with Crippen LogP contribution in [0.5, 0.6) is 0 Å². The van der Waals surface area contributed by atoms with Crippen molar-refractivity contribution in [2.24, 2.45) is 11.6 Å². The molecule has 130 valence electrons. The fourth-order valence-electron chi connectivity index (χ4n) is 2.13. The van der Waals surface area contributed by atoms with E-state index in [1.807, 2.05) is 16.8 Å². The van der Waals surface area contributed by atoms with E-state index in [0.29, 0.717) is 17.8 Å². The quantitative estimate of drug-likeness (QED) is 0.515.